The lowest BCUT2D eigenvalue weighted by atomic mass is 9.91. The van der Waals surface area contributed by atoms with Gasteiger partial charge in [0, 0.05) is 67.4 Å². The number of amides is 1. The molecule has 1 aliphatic rings. The molecule has 4 aromatic rings. The van der Waals surface area contributed by atoms with Crippen LogP contribution in [0.3, 0.4) is 0 Å². The zero-order valence-corrected chi connectivity index (χ0v) is 31.2. The minimum atomic E-state index is -0.529. The van der Waals surface area contributed by atoms with E-state index in [9.17, 15) is 4.79 Å². The Kier molecular flexibility index (Phi) is 11.9. The second-order valence-electron chi connectivity index (χ2n) is 13.6. The van der Waals surface area contributed by atoms with Crippen LogP contribution in [-0.4, -0.2) is 87.5 Å². The lowest BCUT2D eigenvalue weighted by Crippen LogP contribution is -2.50. The number of rotatable bonds is 13. The maximum absolute atomic E-state index is 13.9. The lowest BCUT2D eigenvalue weighted by Gasteiger charge is -2.41. The summed E-state index contributed by atoms with van der Waals surface area (Å²) in [5.74, 6) is 3.51. The van der Waals surface area contributed by atoms with Crippen molar-refractivity contribution >= 4 is 5.91 Å². The van der Waals surface area contributed by atoms with E-state index in [0.717, 1.165) is 66.0 Å². The summed E-state index contributed by atoms with van der Waals surface area (Å²) < 4.78 is 33.3. The zero-order valence-electron chi connectivity index (χ0n) is 31.2. The van der Waals surface area contributed by atoms with Crippen LogP contribution in [-0.2, 0) is 17.9 Å². The van der Waals surface area contributed by atoms with E-state index in [2.05, 4.69) is 38.0 Å². The highest BCUT2D eigenvalue weighted by Gasteiger charge is 2.34. The van der Waals surface area contributed by atoms with E-state index >= 15 is 0 Å². The fourth-order valence-corrected chi connectivity index (χ4v) is 6.58. The molecule has 0 radical (unpaired) electrons. The number of aromatic nitrogens is 2. The van der Waals surface area contributed by atoms with Crippen LogP contribution in [0, 0.1) is 5.41 Å². The molecule has 1 fully saturated rings. The van der Waals surface area contributed by atoms with Crippen LogP contribution in [0.15, 0.2) is 61.1 Å². The number of benzene rings is 2. The third kappa shape index (κ3) is 8.48. The Labute approximate surface area is 301 Å². The van der Waals surface area contributed by atoms with Gasteiger partial charge in [0.25, 0.3) is 0 Å². The van der Waals surface area contributed by atoms with Crippen LogP contribution in [0.1, 0.15) is 44.7 Å². The Hall–Kier alpha value is -5.03. The first-order valence-electron chi connectivity index (χ1n) is 17.1. The number of hydrogen-bond donors (Lipinski definition) is 0. The molecule has 1 aliphatic heterocycles. The van der Waals surface area contributed by atoms with E-state index in [1.807, 2.05) is 63.6 Å². The van der Waals surface area contributed by atoms with Gasteiger partial charge >= 0.3 is 0 Å². The quantitative estimate of drug-likeness (QED) is 0.146. The molecule has 3 heterocycles. The van der Waals surface area contributed by atoms with E-state index in [4.69, 9.17) is 28.4 Å². The third-order valence-corrected chi connectivity index (χ3v) is 9.24. The van der Waals surface area contributed by atoms with Crippen LogP contribution in [0.25, 0.3) is 22.4 Å². The van der Waals surface area contributed by atoms with Crippen molar-refractivity contribution in [3.63, 3.8) is 0 Å². The van der Waals surface area contributed by atoms with Gasteiger partial charge in [-0.05, 0) is 72.0 Å². The van der Waals surface area contributed by atoms with Crippen LogP contribution >= 0.6 is 0 Å². The predicted octanol–water partition coefficient (Wildman–Crippen LogP) is 6.90. The summed E-state index contributed by atoms with van der Waals surface area (Å²) >= 11 is 0. The molecule has 1 saturated heterocycles. The summed E-state index contributed by atoms with van der Waals surface area (Å²) in [5, 5.41) is 0. The number of ether oxygens (including phenoxy) is 6. The van der Waals surface area contributed by atoms with Crippen LogP contribution < -0.4 is 28.4 Å². The minimum absolute atomic E-state index is 0.102. The average molecular weight is 699 g/mol. The summed E-state index contributed by atoms with van der Waals surface area (Å²) in [5.41, 5.74) is 5.07. The third-order valence-electron chi connectivity index (χ3n) is 9.24. The van der Waals surface area contributed by atoms with Crippen molar-refractivity contribution in [2.75, 3.05) is 55.7 Å². The summed E-state index contributed by atoms with van der Waals surface area (Å²) in [6, 6.07) is 14.0. The summed E-state index contributed by atoms with van der Waals surface area (Å²) in [6.45, 7) is 8.93. The van der Waals surface area contributed by atoms with Crippen LogP contribution in [0.2, 0.25) is 0 Å². The van der Waals surface area contributed by atoms with Gasteiger partial charge in [-0.2, -0.15) is 0 Å². The minimum Gasteiger partial charge on any atom is -0.493 e. The normalized spacial score (nSPS) is 13.7. The smallest absolute Gasteiger partial charge is 0.228 e. The van der Waals surface area contributed by atoms with Gasteiger partial charge in [0.15, 0.2) is 23.0 Å². The fourth-order valence-electron chi connectivity index (χ4n) is 6.58. The highest BCUT2D eigenvalue weighted by Crippen LogP contribution is 2.42. The molecule has 11 nitrogen and oxygen atoms in total. The number of carbonyl (C=O) groups excluding carboxylic acids is 1. The van der Waals surface area contributed by atoms with Crippen molar-refractivity contribution in [3.8, 4) is 56.9 Å². The first-order chi connectivity index (χ1) is 24.5. The maximum atomic E-state index is 13.9. The maximum Gasteiger partial charge on any atom is 0.228 e. The zero-order chi connectivity index (χ0) is 36.7. The second kappa shape index (κ2) is 16.3. The number of nitrogens with zero attached hydrogens (tertiary/aromatic N) is 4. The largest absolute Gasteiger partial charge is 0.493 e. The highest BCUT2D eigenvalue weighted by molar-refractivity contribution is 5.82. The molecule has 1 amide bonds. The molecule has 0 atom stereocenters. The van der Waals surface area contributed by atoms with Gasteiger partial charge in [-0.25, -0.2) is 0 Å². The first kappa shape index (κ1) is 37.2. The van der Waals surface area contributed by atoms with Gasteiger partial charge in [0.05, 0.1) is 48.4 Å². The fraction of sp³-hybridized carbons (Fsp3) is 0.425. The first-order valence-corrected chi connectivity index (χ1v) is 17.1. The molecule has 2 aromatic carbocycles. The molecule has 2 aromatic heterocycles. The van der Waals surface area contributed by atoms with Gasteiger partial charge in [-0.1, -0.05) is 20.8 Å². The van der Waals surface area contributed by atoms with E-state index in [1.54, 1.807) is 42.7 Å². The molecule has 0 bridgehead atoms. The monoisotopic (exact) mass is 698 g/mol. The van der Waals surface area contributed by atoms with E-state index in [0.29, 0.717) is 41.0 Å². The number of hydrogen-bond acceptors (Lipinski definition) is 10. The van der Waals surface area contributed by atoms with Crippen molar-refractivity contribution in [2.24, 2.45) is 5.41 Å². The molecule has 11 heteroatoms. The molecule has 0 aliphatic carbocycles. The van der Waals surface area contributed by atoms with E-state index in [-0.39, 0.29) is 11.9 Å². The Morgan fingerprint density at radius 2 is 1.27 bits per heavy atom. The number of methoxy groups -OCH3 is 6. The summed E-state index contributed by atoms with van der Waals surface area (Å²) in [7, 11) is 9.59. The molecule has 0 N–H and O–H groups in total. The molecule has 0 saturated carbocycles. The molecule has 51 heavy (non-hydrogen) atoms. The Bertz CT molecular complexity index is 1760. The molecule has 272 valence electrons. The number of pyridine rings is 2. The van der Waals surface area contributed by atoms with Crippen LogP contribution in [0.4, 0.5) is 0 Å². The number of carbonyl (C=O) groups is 1. The van der Waals surface area contributed by atoms with Crippen molar-refractivity contribution in [1.29, 1.82) is 0 Å². The van der Waals surface area contributed by atoms with Gasteiger partial charge in [-0.3, -0.25) is 19.7 Å². The Balaban J connectivity index is 1.31. The molecule has 0 spiro atoms. The SMILES string of the molecule is COc1cc(-c2cncc(CN(C(=O)C(C)(C)C)C3CCN(Cc4ccnc(-c5cc(OC)c(OC)c(OC)c5)c4)CC3)c2)cc(OC)c1OC. The van der Waals surface area contributed by atoms with Crippen LogP contribution in [0.5, 0.6) is 34.5 Å². The predicted molar refractivity (Wildman–Crippen MR) is 197 cm³/mol. The Morgan fingerprint density at radius 1 is 0.725 bits per heavy atom. The van der Waals surface area contributed by atoms with Gasteiger partial charge in [-0.15, -0.1) is 0 Å². The van der Waals surface area contributed by atoms with Crippen molar-refractivity contribution in [3.05, 3.63) is 72.2 Å². The second-order valence-corrected chi connectivity index (χ2v) is 13.6. The highest BCUT2D eigenvalue weighted by atomic mass is 16.5. The topological polar surface area (TPSA) is 105 Å². The lowest BCUT2D eigenvalue weighted by molar-refractivity contribution is -0.143. The van der Waals surface area contributed by atoms with Gasteiger partial charge in [0.2, 0.25) is 17.4 Å². The van der Waals surface area contributed by atoms with Crippen molar-refractivity contribution in [1.82, 2.24) is 19.8 Å². The molecule has 5 rings (SSSR count). The molecule has 0 unspecified atom stereocenters. The number of piperidine rings is 1. The van der Waals surface area contributed by atoms with E-state index in [1.165, 1.54) is 0 Å². The van der Waals surface area contributed by atoms with E-state index < -0.39 is 5.41 Å². The summed E-state index contributed by atoms with van der Waals surface area (Å²) in [6.07, 6.45) is 7.23. The average Bonchev–Trinajstić information content (AvgIpc) is 3.15. The van der Waals surface area contributed by atoms with Gasteiger partial charge in [0.1, 0.15) is 0 Å². The molecular weight excluding hydrogens is 648 g/mol. The molecular formula is C40H50N4O7. The standard InChI is InChI=1S/C40H50N4O7/c1-40(2,3)39(45)44(25-27-16-30(23-41-22-27)28-18-33(46-4)37(50-8)34(19-28)47-5)31-11-14-43(15-12-31)24-26-10-13-42-32(17-26)29-20-35(48-6)38(51-9)36(21-29)49-7/h10,13,16-23,31H,11-12,14-15,24-25H2,1-9H3. The Morgan fingerprint density at radius 3 is 1.78 bits per heavy atom. The van der Waals surface area contributed by atoms with Crippen molar-refractivity contribution < 1.29 is 33.2 Å². The summed E-state index contributed by atoms with van der Waals surface area (Å²) in [4.78, 5) is 27.7. The van der Waals surface area contributed by atoms with Gasteiger partial charge < -0.3 is 33.3 Å². The van der Waals surface area contributed by atoms with Crippen molar-refractivity contribution in [2.45, 2.75) is 52.7 Å². The number of likely N-dealkylation sites (tertiary alicyclic amines) is 1.